The maximum absolute atomic E-state index is 15.3. The van der Waals surface area contributed by atoms with E-state index < -0.39 is 17.7 Å². The Morgan fingerprint density at radius 2 is 1.85 bits per heavy atom. The van der Waals surface area contributed by atoms with Crippen molar-refractivity contribution in [2.24, 2.45) is 0 Å². The highest BCUT2D eigenvalue weighted by Gasteiger charge is 2.30. The van der Waals surface area contributed by atoms with Crippen LogP contribution in [0.15, 0.2) is 43.1 Å². The molecule has 0 aliphatic carbocycles. The third kappa shape index (κ3) is 5.03. The van der Waals surface area contributed by atoms with Crippen LogP contribution in [0.5, 0.6) is 0 Å². The lowest BCUT2D eigenvalue weighted by Crippen LogP contribution is -2.35. The van der Waals surface area contributed by atoms with Gasteiger partial charge in [0.2, 0.25) is 5.95 Å². The first-order valence-corrected chi connectivity index (χ1v) is 13.8. The molecule has 0 unspecified atom stereocenters. The Balaban J connectivity index is 1.19. The molecular weight excluding hydrogens is 528 g/mol. The van der Waals surface area contributed by atoms with Gasteiger partial charge in [0.05, 0.1) is 17.1 Å². The molecule has 4 aromatic rings. The molecule has 6 rings (SSSR count). The number of hydrogen-bond donors (Lipinski definition) is 1. The number of hydrogen-bond acceptors (Lipinski definition) is 8. The summed E-state index contributed by atoms with van der Waals surface area (Å²) < 4.78 is 32.3. The summed E-state index contributed by atoms with van der Waals surface area (Å²) in [5.74, 6) is -0.750. The van der Waals surface area contributed by atoms with Crippen LogP contribution in [0.25, 0.3) is 11.0 Å². The van der Waals surface area contributed by atoms with Crippen LogP contribution in [-0.2, 0) is 6.42 Å². The monoisotopic (exact) mass is 557 g/mol. The predicted molar refractivity (Wildman–Crippen MR) is 149 cm³/mol. The van der Waals surface area contributed by atoms with Crippen molar-refractivity contribution in [2.45, 2.75) is 51.1 Å². The van der Waals surface area contributed by atoms with E-state index in [0.29, 0.717) is 24.6 Å². The highest BCUT2D eigenvalue weighted by Crippen LogP contribution is 2.33. The number of aromatic nitrogens is 5. The van der Waals surface area contributed by atoms with E-state index in [9.17, 15) is 10.1 Å². The molecule has 2 saturated heterocycles. The molecule has 0 bridgehead atoms. The topological polar surface area (TPSA) is 116 Å². The molecule has 0 radical (unpaired) electrons. The van der Waals surface area contributed by atoms with Crippen LogP contribution in [0.1, 0.15) is 54.6 Å². The molecule has 0 saturated carbocycles. The lowest BCUT2D eigenvalue weighted by molar-refractivity contribution is 0.0764. The van der Waals surface area contributed by atoms with E-state index in [0.717, 1.165) is 50.4 Å². The number of carbonyl (C=O) groups excluding carboxylic acids is 1. The van der Waals surface area contributed by atoms with E-state index in [1.54, 1.807) is 0 Å². The molecule has 2 aliphatic heterocycles. The number of likely N-dealkylation sites (tertiary alicyclic amines) is 1. The molecule has 1 atom stereocenters. The van der Waals surface area contributed by atoms with E-state index >= 15 is 8.78 Å². The van der Waals surface area contributed by atoms with Crippen LogP contribution in [0, 0.1) is 23.0 Å². The van der Waals surface area contributed by atoms with E-state index in [1.807, 2.05) is 17.0 Å². The Labute approximate surface area is 235 Å². The second-order valence-electron chi connectivity index (χ2n) is 10.4. The molecule has 10 nitrogen and oxygen atoms in total. The molecule has 2 fully saturated rings. The van der Waals surface area contributed by atoms with Crippen molar-refractivity contribution in [3.8, 4) is 6.07 Å². The maximum atomic E-state index is 15.3. The highest BCUT2D eigenvalue weighted by molar-refractivity contribution is 5.95. The summed E-state index contributed by atoms with van der Waals surface area (Å²) in [6.07, 6.45) is 10.2. The van der Waals surface area contributed by atoms with Crippen molar-refractivity contribution in [1.29, 1.82) is 5.26 Å². The minimum Gasteiger partial charge on any atom is -0.341 e. The van der Waals surface area contributed by atoms with Crippen molar-refractivity contribution in [1.82, 2.24) is 29.4 Å². The quantitative estimate of drug-likeness (QED) is 0.360. The van der Waals surface area contributed by atoms with Gasteiger partial charge in [-0.2, -0.15) is 5.26 Å². The molecule has 210 valence electrons. The van der Waals surface area contributed by atoms with Crippen LogP contribution in [0.2, 0.25) is 0 Å². The molecular formula is C29H29F2N9O. The fraction of sp³-hybridized carbons (Fsp3) is 0.379. The minimum absolute atomic E-state index is 0.0146. The smallest absolute Gasteiger partial charge is 0.255 e. The fourth-order valence-electron chi connectivity index (χ4n) is 5.64. The second-order valence-corrected chi connectivity index (χ2v) is 10.4. The first-order chi connectivity index (χ1) is 20.0. The number of anilines is 3. The third-order valence-corrected chi connectivity index (χ3v) is 7.94. The largest absolute Gasteiger partial charge is 0.341 e. The Morgan fingerprint density at radius 3 is 2.56 bits per heavy atom. The van der Waals surface area contributed by atoms with Crippen molar-refractivity contribution < 1.29 is 13.6 Å². The second kappa shape index (κ2) is 11.1. The zero-order valence-corrected chi connectivity index (χ0v) is 22.6. The van der Waals surface area contributed by atoms with E-state index in [-0.39, 0.29) is 34.4 Å². The Bertz CT molecular complexity index is 1620. The van der Waals surface area contributed by atoms with Crippen molar-refractivity contribution in [3.05, 3.63) is 65.9 Å². The SMILES string of the molecule is CCc1cnc(N2CCC(n3cc(F)c4c(Nc5ccc(C(=O)N6CCC[C@H]6C#N)cc5F)ncnc43)CC2)nc1. The van der Waals surface area contributed by atoms with E-state index in [2.05, 4.69) is 43.1 Å². The van der Waals surface area contributed by atoms with Gasteiger partial charge < -0.3 is 19.7 Å². The Kier molecular flexibility index (Phi) is 7.17. The van der Waals surface area contributed by atoms with Gasteiger partial charge in [0.25, 0.3) is 5.91 Å². The van der Waals surface area contributed by atoms with Crippen molar-refractivity contribution in [2.75, 3.05) is 29.9 Å². The first kappa shape index (κ1) is 26.6. The molecule has 0 spiro atoms. The summed E-state index contributed by atoms with van der Waals surface area (Å²) in [5, 5.41) is 12.3. The summed E-state index contributed by atoms with van der Waals surface area (Å²) in [4.78, 5) is 33.9. The van der Waals surface area contributed by atoms with Crippen LogP contribution in [-0.4, -0.2) is 61.0 Å². The number of carbonyl (C=O) groups is 1. The molecule has 2 aliphatic rings. The number of piperidine rings is 1. The number of aryl methyl sites for hydroxylation is 1. The van der Waals surface area contributed by atoms with Gasteiger partial charge in [-0.3, -0.25) is 4.79 Å². The molecule has 1 amide bonds. The average molecular weight is 558 g/mol. The van der Waals surface area contributed by atoms with Crippen LogP contribution < -0.4 is 10.2 Å². The minimum atomic E-state index is -0.684. The van der Waals surface area contributed by atoms with Gasteiger partial charge >= 0.3 is 0 Å². The fourth-order valence-corrected chi connectivity index (χ4v) is 5.64. The zero-order valence-electron chi connectivity index (χ0n) is 22.6. The average Bonchev–Trinajstić information content (AvgIpc) is 3.63. The summed E-state index contributed by atoms with van der Waals surface area (Å²) in [6.45, 7) is 3.96. The molecule has 1 aromatic carbocycles. The molecule has 3 aromatic heterocycles. The number of benzene rings is 1. The van der Waals surface area contributed by atoms with E-state index in [4.69, 9.17) is 0 Å². The lowest BCUT2D eigenvalue weighted by atomic mass is 10.1. The van der Waals surface area contributed by atoms with Crippen molar-refractivity contribution in [3.63, 3.8) is 0 Å². The number of nitrogens with zero attached hydrogens (tertiary/aromatic N) is 8. The van der Waals surface area contributed by atoms with Crippen LogP contribution >= 0.6 is 0 Å². The summed E-state index contributed by atoms with van der Waals surface area (Å²) in [7, 11) is 0. The predicted octanol–water partition coefficient (Wildman–Crippen LogP) is 4.78. The van der Waals surface area contributed by atoms with Gasteiger partial charge in [-0.1, -0.05) is 6.92 Å². The molecule has 41 heavy (non-hydrogen) atoms. The normalized spacial score (nSPS) is 17.7. The van der Waals surface area contributed by atoms with Gasteiger partial charge in [-0.15, -0.1) is 0 Å². The van der Waals surface area contributed by atoms with Gasteiger partial charge in [0, 0.05) is 49.8 Å². The maximum Gasteiger partial charge on any atom is 0.255 e. The Hall–Kier alpha value is -4.66. The van der Waals surface area contributed by atoms with Crippen LogP contribution in [0.4, 0.5) is 26.2 Å². The number of fused-ring (bicyclic) bond motifs is 1. The molecule has 1 N–H and O–H groups in total. The van der Waals surface area contributed by atoms with Gasteiger partial charge in [0.15, 0.2) is 5.82 Å². The number of nitriles is 1. The third-order valence-electron chi connectivity index (χ3n) is 7.94. The van der Waals surface area contributed by atoms with Gasteiger partial charge in [0.1, 0.15) is 29.7 Å². The summed E-state index contributed by atoms with van der Waals surface area (Å²) in [6, 6.07) is 5.68. The number of rotatable bonds is 6. The lowest BCUT2D eigenvalue weighted by Gasteiger charge is -2.32. The summed E-state index contributed by atoms with van der Waals surface area (Å²) in [5.41, 5.74) is 1.71. The van der Waals surface area contributed by atoms with Crippen LogP contribution in [0.3, 0.4) is 0 Å². The standard InChI is InChI=1S/C29H29F2N9O/c1-2-18-14-33-29(34-15-18)38-10-7-20(8-11-38)40-16-23(31)25-26(35-17-36-27(25)40)37-24-6-5-19(12-22(24)30)28(41)39-9-3-4-21(39)13-32/h5-6,12,14-17,20-21H,2-4,7-11H2,1H3,(H,35,36,37)/t21-/m0/s1. The molecule has 12 heteroatoms. The number of amides is 1. The zero-order chi connectivity index (χ0) is 28.5. The first-order valence-electron chi connectivity index (χ1n) is 13.8. The number of halogens is 2. The van der Waals surface area contributed by atoms with Gasteiger partial charge in [-0.25, -0.2) is 28.7 Å². The molecule has 5 heterocycles. The van der Waals surface area contributed by atoms with Gasteiger partial charge in [-0.05, 0) is 55.9 Å². The highest BCUT2D eigenvalue weighted by atomic mass is 19.1. The number of nitrogens with one attached hydrogen (secondary N) is 1. The van der Waals surface area contributed by atoms with E-state index in [1.165, 1.54) is 29.6 Å². The summed E-state index contributed by atoms with van der Waals surface area (Å²) >= 11 is 0. The van der Waals surface area contributed by atoms with Crippen molar-refractivity contribution >= 4 is 34.4 Å². The Morgan fingerprint density at radius 1 is 1.07 bits per heavy atom.